The summed E-state index contributed by atoms with van der Waals surface area (Å²) in [4.78, 5) is 3.93. The number of aromatic nitrogens is 5. The number of aryl methyl sites for hydroxylation is 3. The summed E-state index contributed by atoms with van der Waals surface area (Å²) >= 11 is 0. The minimum Gasteiger partial charge on any atom is -0.478 e. The highest BCUT2D eigenvalue weighted by Gasteiger charge is 2.30. The lowest BCUT2D eigenvalue weighted by molar-refractivity contribution is -0.137. The molecule has 0 aliphatic rings. The minimum atomic E-state index is -4.40. The third kappa shape index (κ3) is 5.40. The lowest BCUT2D eigenvalue weighted by Crippen LogP contribution is -2.07. The molecule has 0 aliphatic carbocycles. The summed E-state index contributed by atoms with van der Waals surface area (Å²) in [6.07, 6.45) is 5.27. The Morgan fingerprint density at radius 2 is 1.83 bits per heavy atom. The molecule has 30 heavy (non-hydrogen) atoms. The van der Waals surface area contributed by atoms with Crippen molar-refractivity contribution in [3.05, 3.63) is 53.1 Å². The van der Waals surface area contributed by atoms with E-state index < -0.39 is 11.7 Å². The lowest BCUT2D eigenvalue weighted by Gasteiger charge is -2.06. The fourth-order valence-electron chi connectivity index (χ4n) is 3.22. The second kappa shape index (κ2) is 9.77. The van der Waals surface area contributed by atoms with E-state index in [0.29, 0.717) is 12.4 Å². The van der Waals surface area contributed by atoms with Crippen molar-refractivity contribution in [2.45, 2.75) is 58.5 Å². The molecule has 0 saturated heterocycles. The molecule has 0 aromatic carbocycles. The maximum absolute atomic E-state index is 12.8. The monoisotopic (exact) mass is 421 g/mol. The van der Waals surface area contributed by atoms with E-state index in [-0.39, 0.29) is 0 Å². The fourth-order valence-corrected chi connectivity index (χ4v) is 3.22. The molecule has 0 bridgehead atoms. The first kappa shape index (κ1) is 21.9. The summed E-state index contributed by atoms with van der Waals surface area (Å²) in [6, 6.07) is 2.36. The predicted molar refractivity (Wildman–Crippen MR) is 107 cm³/mol. The van der Waals surface area contributed by atoms with Crippen LogP contribution in [0.15, 0.2) is 30.7 Å². The van der Waals surface area contributed by atoms with Crippen molar-refractivity contribution in [3.8, 4) is 11.7 Å². The summed E-state index contributed by atoms with van der Waals surface area (Å²) in [5.74, 6) is 1.08. The molecule has 0 fully saturated rings. The van der Waals surface area contributed by atoms with Gasteiger partial charge in [-0.15, -0.1) is 0 Å². The topological polar surface area (TPSA) is 68.6 Å². The number of nitrogens with one attached hydrogen (secondary N) is 1. The van der Waals surface area contributed by atoms with Gasteiger partial charge in [0, 0.05) is 18.0 Å². The van der Waals surface area contributed by atoms with Crippen LogP contribution in [0, 0.1) is 0 Å². The molecule has 3 heterocycles. The average molecular weight is 421 g/mol. The smallest absolute Gasteiger partial charge is 0.417 e. The number of hydrogen-bond donors (Lipinski definition) is 1. The zero-order valence-electron chi connectivity index (χ0n) is 17.2. The Bertz CT molecular complexity index is 931. The molecule has 0 saturated carbocycles. The normalized spacial score (nSPS) is 11.8. The van der Waals surface area contributed by atoms with Crippen LogP contribution in [0.2, 0.25) is 0 Å². The zero-order chi connectivity index (χ0) is 21.6. The van der Waals surface area contributed by atoms with E-state index in [0.717, 1.165) is 73.5 Å². The molecule has 0 radical (unpaired) electrons. The van der Waals surface area contributed by atoms with E-state index in [1.54, 1.807) is 10.9 Å². The maximum Gasteiger partial charge on any atom is 0.417 e. The van der Waals surface area contributed by atoms with Gasteiger partial charge >= 0.3 is 6.18 Å². The first-order chi connectivity index (χ1) is 14.4. The molecule has 3 aromatic heterocycles. The van der Waals surface area contributed by atoms with Crippen LogP contribution in [0.3, 0.4) is 0 Å². The van der Waals surface area contributed by atoms with Gasteiger partial charge in [0.05, 0.1) is 24.1 Å². The first-order valence-corrected chi connectivity index (χ1v) is 10.2. The van der Waals surface area contributed by atoms with Crippen LogP contribution in [0.25, 0.3) is 5.82 Å². The van der Waals surface area contributed by atoms with Gasteiger partial charge in [-0.2, -0.15) is 23.4 Å². The van der Waals surface area contributed by atoms with Gasteiger partial charge in [-0.05, 0) is 43.4 Å². The van der Waals surface area contributed by atoms with Gasteiger partial charge in [0.1, 0.15) is 0 Å². The molecule has 0 spiro atoms. The predicted octanol–water partition coefficient (Wildman–Crippen LogP) is 4.93. The summed E-state index contributed by atoms with van der Waals surface area (Å²) in [7, 11) is 0. The minimum absolute atomic E-state index is 0.365. The summed E-state index contributed by atoms with van der Waals surface area (Å²) in [6.45, 7) is 4.71. The van der Waals surface area contributed by atoms with Gasteiger partial charge in [-0.25, -0.2) is 14.8 Å². The number of alkyl halides is 3. The van der Waals surface area contributed by atoms with Gasteiger partial charge in [0.2, 0.25) is 5.88 Å². The Kier molecular flexibility index (Phi) is 7.12. The Balaban J connectivity index is 1.64. The lowest BCUT2D eigenvalue weighted by atomic mass is 10.1. The number of hydrogen-bond acceptors (Lipinski definition) is 4. The van der Waals surface area contributed by atoms with E-state index in [2.05, 4.69) is 34.1 Å². The van der Waals surface area contributed by atoms with Crippen molar-refractivity contribution in [2.24, 2.45) is 0 Å². The Morgan fingerprint density at radius 1 is 1.03 bits per heavy atom. The Morgan fingerprint density at radius 3 is 2.50 bits per heavy atom. The van der Waals surface area contributed by atoms with Gasteiger partial charge < -0.3 is 4.74 Å². The molecule has 0 atom stereocenters. The molecule has 3 rings (SSSR count). The standard InChI is InChI=1S/C21H26F3N5O/c1-3-6-15-12-26-27-20(15)30-11-5-8-16-14-29(28-18(16)7-4-2)19-10-9-17(13-25-19)21(22,23)24/h9-10,12-14H,3-8,11H2,1-2H3,(H,26,27). The van der Waals surface area contributed by atoms with Gasteiger partial charge in [0.15, 0.2) is 5.82 Å². The zero-order valence-corrected chi connectivity index (χ0v) is 17.2. The van der Waals surface area contributed by atoms with Crippen LogP contribution in [0.1, 0.15) is 55.5 Å². The molecular weight excluding hydrogens is 395 g/mol. The first-order valence-electron chi connectivity index (χ1n) is 10.2. The van der Waals surface area contributed by atoms with Gasteiger partial charge in [-0.3, -0.25) is 0 Å². The van der Waals surface area contributed by atoms with Gasteiger partial charge in [0.25, 0.3) is 0 Å². The van der Waals surface area contributed by atoms with E-state index in [9.17, 15) is 13.2 Å². The second-order valence-corrected chi connectivity index (χ2v) is 7.12. The van der Waals surface area contributed by atoms with Crippen molar-refractivity contribution in [1.29, 1.82) is 0 Å². The Labute approximate surface area is 173 Å². The number of halogens is 3. The van der Waals surface area contributed by atoms with Crippen LogP contribution >= 0.6 is 0 Å². The molecule has 162 valence electrons. The fraction of sp³-hybridized carbons (Fsp3) is 0.476. The molecule has 0 aliphatic heterocycles. The van der Waals surface area contributed by atoms with E-state index >= 15 is 0 Å². The van der Waals surface area contributed by atoms with Crippen molar-refractivity contribution in [2.75, 3.05) is 6.61 Å². The number of ether oxygens (including phenoxy) is 1. The highest BCUT2D eigenvalue weighted by atomic mass is 19.4. The largest absolute Gasteiger partial charge is 0.478 e. The highest BCUT2D eigenvalue weighted by Crippen LogP contribution is 2.28. The quantitative estimate of drug-likeness (QED) is 0.472. The molecule has 9 heteroatoms. The summed E-state index contributed by atoms with van der Waals surface area (Å²) in [5.41, 5.74) is 2.30. The van der Waals surface area contributed by atoms with Crippen LogP contribution in [-0.4, -0.2) is 31.6 Å². The van der Waals surface area contributed by atoms with Crippen LogP contribution in [0.4, 0.5) is 13.2 Å². The third-order valence-corrected chi connectivity index (χ3v) is 4.71. The summed E-state index contributed by atoms with van der Waals surface area (Å²) in [5, 5.41) is 11.5. The van der Waals surface area contributed by atoms with Gasteiger partial charge in [-0.1, -0.05) is 26.7 Å². The SMILES string of the molecule is CCCc1cn[nH]c1OCCCc1cn(-c2ccc(C(F)(F)F)cn2)nc1CCC. The number of H-pyrrole nitrogens is 1. The molecule has 0 amide bonds. The van der Waals surface area contributed by atoms with Crippen molar-refractivity contribution in [1.82, 2.24) is 25.0 Å². The second-order valence-electron chi connectivity index (χ2n) is 7.12. The van der Waals surface area contributed by atoms with E-state index in [1.165, 1.54) is 6.07 Å². The number of pyridine rings is 1. The average Bonchev–Trinajstić information content (AvgIpc) is 3.32. The maximum atomic E-state index is 12.8. The number of rotatable bonds is 10. The molecular formula is C21H26F3N5O. The van der Waals surface area contributed by atoms with Crippen LogP contribution in [-0.2, 0) is 25.4 Å². The number of aromatic amines is 1. The molecule has 0 unspecified atom stereocenters. The van der Waals surface area contributed by atoms with Crippen LogP contribution < -0.4 is 4.74 Å². The molecule has 1 N–H and O–H groups in total. The van der Waals surface area contributed by atoms with Crippen molar-refractivity contribution >= 4 is 0 Å². The van der Waals surface area contributed by atoms with Crippen LogP contribution in [0.5, 0.6) is 5.88 Å². The van der Waals surface area contributed by atoms with Crippen molar-refractivity contribution in [3.63, 3.8) is 0 Å². The highest BCUT2D eigenvalue weighted by molar-refractivity contribution is 5.29. The third-order valence-electron chi connectivity index (χ3n) is 4.71. The van der Waals surface area contributed by atoms with E-state index in [4.69, 9.17) is 4.74 Å². The molecule has 3 aromatic rings. The van der Waals surface area contributed by atoms with Crippen molar-refractivity contribution < 1.29 is 17.9 Å². The molecule has 6 nitrogen and oxygen atoms in total. The van der Waals surface area contributed by atoms with E-state index in [1.807, 2.05) is 6.20 Å². The summed E-state index contributed by atoms with van der Waals surface area (Å²) < 4.78 is 45.6. The Hall–Kier alpha value is -2.84. The number of nitrogens with zero attached hydrogens (tertiary/aromatic N) is 4.